The van der Waals surface area contributed by atoms with Crippen LogP contribution in [0.15, 0.2) is 46.2 Å². The third-order valence-corrected chi connectivity index (χ3v) is 4.74. The van der Waals surface area contributed by atoms with Gasteiger partial charge >= 0.3 is 18.1 Å². The minimum absolute atomic E-state index is 0.0183. The molecule has 4 rings (SSSR count). The Morgan fingerprint density at radius 2 is 1.70 bits per heavy atom. The molecular weight excluding hydrogens is 445 g/mol. The zero-order valence-corrected chi connectivity index (χ0v) is 17.6. The van der Waals surface area contributed by atoms with Crippen molar-refractivity contribution >= 4 is 11.2 Å². The molecule has 0 saturated carbocycles. The number of fused-ring (bicyclic) bond motifs is 1. The molecule has 1 aromatic carbocycles. The smallest absolute Gasteiger partial charge is 0.425 e. The Morgan fingerprint density at radius 1 is 1.03 bits per heavy atom. The molecule has 13 heteroatoms. The van der Waals surface area contributed by atoms with Crippen molar-refractivity contribution in [3.05, 3.63) is 68.9 Å². The van der Waals surface area contributed by atoms with Gasteiger partial charge < -0.3 is 9.47 Å². The lowest BCUT2D eigenvalue weighted by molar-refractivity contribution is -0.274. The third-order valence-electron chi connectivity index (χ3n) is 4.74. The Morgan fingerprint density at radius 3 is 2.36 bits per heavy atom. The number of nitrogens with zero attached hydrogens (tertiary/aromatic N) is 6. The number of aryl methyl sites for hydroxylation is 2. The molecule has 0 aliphatic rings. The summed E-state index contributed by atoms with van der Waals surface area (Å²) in [5.74, 6) is 0.0405. The molecule has 0 bridgehead atoms. The Bertz CT molecular complexity index is 1450. The van der Waals surface area contributed by atoms with E-state index in [1.807, 2.05) is 0 Å². The number of halogens is 3. The summed E-state index contributed by atoms with van der Waals surface area (Å²) in [5, 5.41) is 0. The van der Waals surface area contributed by atoms with Crippen LogP contribution in [0, 0.1) is 6.92 Å². The quantitative estimate of drug-likeness (QED) is 0.448. The van der Waals surface area contributed by atoms with E-state index in [1.54, 1.807) is 19.3 Å². The van der Waals surface area contributed by atoms with Crippen molar-refractivity contribution in [2.45, 2.75) is 19.8 Å². The Kier molecular flexibility index (Phi) is 5.39. The Hall–Kier alpha value is -4.16. The number of imidazole rings is 1. The SMILES string of the molecule is Cc1ncc(Cn2c(Oc3cccc(OC(F)(F)F)c3)nc3c2c(=O)n(C)c(=O)n3C)cn1. The predicted molar refractivity (Wildman–Crippen MR) is 109 cm³/mol. The molecule has 0 aliphatic heterocycles. The van der Waals surface area contributed by atoms with Gasteiger partial charge in [-0.1, -0.05) is 6.07 Å². The third kappa shape index (κ3) is 4.42. The van der Waals surface area contributed by atoms with E-state index < -0.39 is 23.4 Å². The minimum atomic E-state index is -4.87. The second-order valence-corrected chi connectivity index (χ2v) is 7.12. The summed E-state index contributed by atoms with van der Waals surface area (Å²) in [6, 6.07) is 4.74. The highest BCUT2D eigenvalue weighted by Gasteiger charge is 2.31. The highest BCUT2D eigenvalue weighted by Crippen LogP contribution is 2.30. The lowest BCUT2D eigenvalue weighted by atomic mass is 10.3. The first-order chi connectivity index (χ1) is 15.5. The van der Waals surface area contributed by atoms with Crippen molar-refractivity contribution in [2.75, 3.05) is 0 Å². The van der Waals surface area contributed by atoms with Crippen LogP contribution in [0.2, 0.25) is 0 Å². The zero-order chi connectivity index (χ0) is 23.9. The van der Waals surface area contributed by atoms with Gasteiger partial charge in [0.2, 0.25) is 0 Å². The molecule has 4 aromatic rings. The van der Waals surface area contributed by atoms with Gasteiger partial charge in [0.25, 0.3) is 5.56 Å². The van der Waals surface area contributed by atoms with Gasteiger partial charge in [0.15, 0.2) is 11.2 Å². The lowest BCUT2D eigenvalue weighted by Crippen LogP contribution is -2.37. The monoisotopic (exact) mass is 462 g/mol. The van der Waals surface area contributed by atoms with Crippen molar-refractivity contribution < 1.29 is 22.6 Å². The summed E-state index contributed by atoms with van der Waals surface area (Å²) in [7, 11) is 2.77. The van der Waals surface area contributed by atoms with E-state index in [1.165, 1.54) is 35.4 Å². The summed E-state index contributed by atoms with van der Waals surface area (Å²) in [5.41, 5.74) is -0.484. The second-order valence-electron chi connectivity index (χ2n) is 7.12. The molecule has 0 fully saturated rings. The summed E-state index contributed by atoms with van der Waals surface area (Å²) < 4.78 is 50.9. The van der Waals surface area contributed by atoms with Crippen molar-refractivity contribution in [3.63, 3.8) is 0 Å². The number of rotatable bonds is 5. The average molecular weight is 462 g/mol. The predicted octanol–water partition coefficient (Wildman–Crippen LogP) is 2.27. The van der Waals surface area contributed by atoms with Gasteiger partial charge in [-0.2, -0.15) is 4.98 Å². The van der Waals surface area contributed by atoms with E-state index in [9.17, 15) is 22.8 Å². The molecule has 0 spiro atoms. The van der Waals surface area contributed by atoms with Crippen LogP contribution in [0.5, 0.6) is 17.5 Å². The zero-order valence-electron chi connectivity index (χ0n) is 17.6. The number of alkyl halides is 3. The maximum Gasteiger partial charge on any atom is 0.573 e. The molecule has 0 radical (unpaired) electrons. The van der Waals surface area contributed by atoms with Crippen molar-refractivity contribution in [2.24, 2.45) is 14.1 Å². The molecule has 0 N–H and O–H groups in total. The molecule has 0 amide bonds. The van der Waals surface area contributed by atoms with Crippen LogP contribution in [0.25, 0.3) is 11.2 Å². The van der Waals surface area contributed by atoms with Crippen LogP contribution in [0.1, 0.15) is 11.4 Å². The van der Waals surface area contributed by atoms with Gasteiger partial charge in [-0.25, -0.2) is 14.8 Å². The van der Waals surface area contributed by atoms with Crippen LogP contribution in [0.3, 0.4) is 0 Å². The number of aromatic nitrogens is 6. The highest BCUT2D eigenvalue weighted by atomic mass is 19.4. The maximum atomic E-state index is 12.9. The number of hydrogen-bond acceptors (Lipinski definition) is 7. The molecule has 172 valence electrons. The van der Waals surface area contributed by atoms with E-state index in [-0.39, 0.29) is 29.5 Å². The first-order valence-corrected chi connectivity index (χ1v) is 9.51. The van der Waals surface area contributed by atoms with E-state index >= 15 is 0 Å². The maximum absolute atomic E-state index is 12.9. The molecule has 0 unspecified atom stereocenters. The molecule has 0 aliphatic carbocycles. The topological polar surface area (TPSA) is 106 Å². The van der Waals surface area contributed by atoms with Crippen molar-refractivity contribution in [1.82, 2.24) is 28.7 Å². The lowest BCUT2D eigenvalue weighted by Gasteiger charge is -2.12. The fourth-order valence-electron chi connectivity index (χ4n) is 3.17. The van der Waals surface area contributed by atoms with Crippen LogP contribution < -0.4 is 20.7 Å². The molecule has 3 heterocycles. The van der Waals surface area contributed by atoms with E-state index in [2.05, 4.69) is 19.7 Å². The molecule has 0 atom stereocenters. The molecule has 10 nitrogen and oxygen atoms in total. The summed E-state index contributed by atoms with van der Waals surface area (Å²) in [6.07, 6.45) is -1.76. The van der Waals surface area contributed by atoms with Crippen molar-refractivity contribution in [3.8, 4) is 17.5 Å². The fourth-order valence-corrected chi connectivity index (χ4v) is 3.17. The van der Waals surface area contributed by atoms with Gasteiger partial charge in [0.05, 0.1) is 6.54 Å². The standard InChI is InChI=1S/C20H17F3N6O4/c1-11-24-8-12(9-25-11)10-29-15-16(27(2)19(31)28(3)17(15)30)26-18(29)32-13-5-4-6-14(7-13)33-20(21,22)23/h4-9H,10H2,1-3H3. The highest BCUT2D eigenvalue weighted by molar-refractivity contribution is 5.72. The molecule has 0 saturated heterocycles. The Labute approximate surface area is 183 Å². The molecular formula is C20H17F3N6O4. The summed E-state index contributed by atoms with van der Waals surface area (Å²) in [4.78, 5) is 37.8. The minimum Gasteiger partial charge on any atom is -0.425 e. The van der Waals surface area contributed by atoms with E-state index in [0.717, 1.165) is 16.7 Å². The number of hydrogen-bond donors (Lipinski definition) is 0. The fraction of sp³-hybridized carbons (Fsp3) is 0.250. The van der Waals surface area contributed by atoms with Gasteiger partial charge in [-0.05, 0) is 19.1 Å². The van der Waals surface area contributed by atoms with Crippen LogP contribution >= 0.6 is 0 Å². The first kappa shape index (κ1) is 22.0. The largest absolute Gasteiger partial charge is 0.573 e. The van der Waals surface area contributed by atoms with E-state index in [4.69, 9.17) is 4.74 Å². The number of ether oxygens (including phenoxy) is 2. The van der Waals surface area contributed by atoms with Crippen LogP contribution in [-0.2, 0) is 20.6 Å². The summed E-state index contributed by atoms with van der Waals surface area (Å²) in [6.45, 7) is 1.77. The molecule has 33 heavy (non-hydrogen) atoms. The first-order valence-electron chi connectivity index (χ1n) is 9.51. The van der Waals surface area contributed by atoms with Gasteiger partial charge in [-0.15, -0.1) is 13.2 Å². The van der Waals surface area contributed by atoms with Crippen LogP contribution in [-0.4, -0.2) is 35.0 Å². The summed E-state index contributed by atoms with van der Waals surface area (Å²) >= 11 is 0. The molecule has 3 aromatic heterocycles. The van der Waals surface area contributed by atoms with Gasteiger partial charge in [-0.3, -0.25) is 18.5 Å². The van der Waals surface area contributed by atoms with Crippen molar-refractivity contribution in [1.29, 1.82) is 0 Å². The normalized spacial score (nSPS) is 11.7. The van der Waals surface area contributed by atoms with Gasteiger partial charge in [0.1, 0.15) is 17.3 Å². The second kappa shape index (κ2) is 8.07. The van der Waals surface area contributed by atoms with Gasteiger partial charge in [0, 0.05) is 38.1 Å². The van der Waals surface area contributed by atoms with E-state index in [0.29, 0.717) is 11.4 Å². The number of benzene rings is 1. The Balaban J connectivity index is 1.85. The average Bonchev–Trinajstić information content (AvgIpc) is 3.09. The van der Waals surface area contributed by atoms with Crippen LogP contribution in [0.4, 0.5) is 13.2 Å².